The number of rotatable bonds is 7. The molecule has 1 atom stereocenters. The summed E-state index contributed by atoms with van der Waals surface area (Å²) in [6, 6.07) is 6.62. The van der Waals surface area contributed by atoms with Gasteiger partial charge in [0.1, 0.15) is 0 Å². The van der Waals surface area contributed by atoms with Gasteiger partial charge in [-0.1, -0.05) is 25.5 Å². The van der Waals surface area contributed by atoms with Gasteiger partial charge in [0.25, 0.3) is 0 Å². The second-order valence-electron chi connectivity index (χ2n) is 4.57. The normalized spacial score (nSPS) is 11.8. The molecule has 0 heterocycles. The average molecular weight is 278 g/mol. The van der Waals surface area contributed by atoms with Gasteiger partial charge in [-0.25, -0.2) is 4.79 Å². The molecule has 0 fully saturated rings. The molecule has 5 heteroatoms. The highest BCUT2D eigenvalue weighted by molar-refractivity contribution is 6.01. The Hall–Kier alpha value is -1.88. The molecule has 1 rings (SSSR count). The monoisotopic (exact) mass is 278 g/mol. The Kier molecular flexibility index (Phi) is 6.73. The number of para-hydroxylation sites is 1. The Bertz CT molecular complexity index is 460. The molecule has 0 saturated carbocycles. The molecule has 110 valence electrons. The van der Waals surface area contributed by atoms with Gasteiger partial charge in [-0.15, -0.1) is 0 Å². The van der Waals surface area contributed by atoms with E-state index in [9.17, 15) is 9.59 Å². The van der Waals surface area contributed by atoms with Crippen LogP contribution in [0.5, 0.6) is 0 Å². The van der Waals surface area contributed by atoms with Gasteiger partial charge in [0.2, 0.25) is 5.91 Å². The van der Waals surface area contributed by atoms with E-state index in [0.29, 0.717) is 17.9 Å². The summed E-state index contributed by atoms with van der Waals surface area (Å²) in [6.07, 6.45) is 1.98. The lowest BCUT2D eigenvalue weighted by atomic mass is 10.1. The lowest BCUT2D eigenvalue weighted by Gasteiger charge is -2.13. The number of carbonyl (C=O) groups is 2. The third kappa shape index (κ3) is 5.01. The molecule has 1 unspecified atom stereocenters. The Balaban J connectivity index is 2.72. The second kappa shape index (κ2) is 8.32. The number of amides is 1. The van der Waals surface area contributed by atoms with E-state index in [4.69, 9.17) is 10.5 Å². The minimum absolute atomic E-state index is 0.158. The number of nitrogens with one attached hydrogen (secondary N) is 1. The van der Waals surface area contributed by atoms with Gasteiger partial charge in [0.15, 0.2) is 0 Å². The molecule has 0 aromatic heterocycles. The molecule has 5 nitrogen and oxygen atoms in total. The molecular formula is C15H22N2O3. The first-order valence-corrected chi connectivity index (χ1v) is 6.90. The van der Waals surface area contributed by atoms with Crippen LogP contribution in [0.25, 0.3) is 0 Å². The Morgan fingerprint density at radius 2 is 2.00 bits per heavy atom. The maximum absolute atomic E-state index is 11.9. The van der Waals surface area contributed by atoms with Crippen molar-refractivity contribution >= 4 is 17.6 Å². The molecule has 0 aliphatic rings. The van der Waals surface area contributed by atoms with Crippen molar-refractivity contribution < 1.29 is 14.3 Å². The Morgan fingerprint density at radius 1 is 1.30 bits per heavy atom. The molecule has 0 bridgehead atoms. The summed E-state index contributed by atoms with van der Waals surface area (Å²) in [4.78, 5) is 23.7. The highest BCUT2D eigenvalue weighted by atomic mass is 16.5. The highest BCUT2D eigenvalue weighted by Crippen LogP contribution is 2.16. The van der Waals surface area contributed by atoms with Gasteiger partial charge < -0.3 is 15.8 Å². The van der Waals surface area contributed by atoms with E-state index in [1.165, 1.54) is 0 Å². The molecule has 1 amide bonds. The second-order valence-corrected chi connectivity index (χ2v) is 4.57. The number of hydrogen-bond donors (Lipinski definition) is 2. The molecule has 3 N–H and O–H groups in total. The first kappa shape index (κ1) is 16.2. The SMILES string of the molecule is CCCC(N)CC(=O)Nc1ccccc1C(=O)OCC. The van der Waals surface area contributed by atoms with Gasteiger partial charge in [-0.2, -0.15) is 0 Å². The fourth-order valence-corrected chi connectivity index (χ4v) is 1.89. The summed E-state index contributed by atoms with van der Waals surface area (Å²) in [5.74, 6) is -0.635. The maximum atomic E-state index is 11.9. The fourth-order valence-electron chi connectivity index (χ4n) is 1.89. The minimum atomic E-state index is -0.443. The van der Waals surface area contributed by atoms with E-state index in [2.05, 4.69) is 5.32 Å². The summed E-state index contributed by atoms with van der Waals surface area (Å²) in [7, 11) is 0. The molecule has 20 heavy (non-hydrogen) atoms. The quantitative estimate of drug-likeness (QED) is 0.750. The van der Waals surface area contributed by atoms with Gasteiger partial charge in [0, 0.05) is 12.5 Å². The zero-order valence-electron chi connectivity index (χ0n) is 12.0. The summed E-state index contributed by atoms with van der Waals surface area (Å²) >= 11 is 0. The van der Waals surface area contributed by atoms with Crippen LogP contribution in [-0.2, 0) is 9.53 Å². The van der Waals surface area contributed by atoms with Crippen LogP contribution >= 0.6 is 0 Å². The number of esters is 1. The zero-order valence-corrected chi connectivity index (χ0v) is 12.0. The standard InChI is InChI=1S/C15H22N2O3/c1-3-7-11(16)10-14(18)17-13-9-6-5-8-12(13)15(19)20-4-2/h5-6,8-9,11H,3-4,7,10,16H2,1-2H3,(H,17,18). The van der Waals surface area contributed by atoms with Gasteiger partial charge in [-0.3, -0.25) is 4.79 Å². The number of ether oxygens (including phenoxy) is 1. The van der Waals surface area contributed by atoms with Crippen LogP contribution in [0.1, 0.15) is 43.5 Å². The number of carbonyl (C=O) groups excluding carboxylic acids is 2. The van der Waals surface area contributed by atoms with Crippen molar-refractivity contribution in [2.45, 2.75) is 39.2 Å². The number of hydrogen-bond acceptors (Lipinski definition) is 4. The van der Waals surface area contributed by atoms with Crippen LogP contribution < -0.4 is 11.1 Å². The van der Waals surface area contributed by atoms with E-state index >= 15 is 0 Å². The van der Waals surface area contributed by atoms with E-state index < -0.39 is 5.97 Å². The lowest BCUT2D eigenvalue weighted by molar-refractivity contribution is -0.116. The third-order valence-electron chi connectivity index (χ3n) is 2.80. The number of nitrogens with two attached hydrogens (primary N) is 1. The van der Waals surface area contributed by atoms with Gasteiger partial charge in [-0.05, 0) is 25.5 Å². The summed E-state index contributed by atoms with van der Waals surface area (Å²) in [5, 5.41) is 2.72. The molecule has 0 spiro atoms. The molecular weight excluding hydrogens is 256 g/mol. The summed E-state index contributed by atoms with van der Waals surface area (Å²) < 4.78 is 4.95. The first-order valence-electron chi connectivity index (χ1n) is 6.90. The zero-order chi connectivity index (χ0) is 15.0. The van der Waals surface area contributed by atoms with Crippen molar-refractivity contribution in [3.05, 3.63) is 29.8 Å². The van der Waals surface area contributed by atoms with Crippen LogP contribution in [0.2, 0.25) is 0 Å². The van der Waals surface area contributed by atoms with Crippen LogP contribution in [0, 0.1) is 0 Å². The van der Waals surface area contributed by atoms with E-state index in [0.717, 1.165) is 12.8 Å². The first-order chi connectivity index (χ1) is 9.58. The van der Waals surface area contributed by atoms with Crippen molar-refractivity contribution in [2.24, 2.45) is 5.73 Å². The highest BCUT2D eigenvalue weighted by Gasteiger charge is 2.15. The predicted molar refractivity (Wildman–Crippen MR) is 78.5 cm³/mol. The van der Waals surface area contributed by atoms with Crippen LogP contribution in [0.3, 0.4) is 0 Å². The Labute approximate surface area is 119 Å². The molecule has 0 aliphatic heterocycles. The molecule has 1 aromatic carbocycles. The van der Waals surface area contributed by atoms with Crippen LogP contribution in [-0.4, -0.2) is 24.5 Å². The number of benzene rings is 1. The van der Waals surface area contributed by atoms with Crippen LogP contribution in [0.15, 0.2) is 24.3 Å². The van der Waals surface area contributed by atoms with Crippen molar-refractivity contribution in [1.29, 1.82) is 0 Å². The van der Waals surface area contributed by atoms with Crippen molar-refractivity contribution in [3.8, 4) is 0 Å². The van der Waals surface area contributed by atoms with Gasteiger partial charge >= 0.3 is 5.97 Å². The van der Waals surface area contributed by atoms with Crippen LogP contribution in [0.4, 0.5) is 5.69 Å². The van der Waals surface area contributed by atoms with Crippen molar-refractivity contribution in [1.82, 2.24) is 0 Å². The number of anilines is 1. The lowest BCUT2D eigenvalue weighted by Crippen LogP contribution is -2.27. The Morgan fingerprint density at radius 3 is 2.65 bits per heavy atom. The third-order valence-corrected chi connectivity index (χ3v) is 2.80. The smallest absolute Gasteiger partial charge is 0.340 e. The van der Waals surface area contributed by atoms with Crippen molar-refractivity contribution in [2.75, 3.05) is 11.9 Å². The summed E-state index contributed by atoms with van der Waals surface area (Å²) in [6.45, 7) is 4.05. The minimum Gasteiger partial charge on any atom is -0.462 e. The maximum Gasteiger partial charge on any atom is 0.340 e. The van der Waals surface area contributed by atoms with Gasteiger partial charge in [0.05, 0.1) is 17.9 Å². The summed E-state index contributed by atoms with van der Waals surface area (Å²) in [5.41, 5.74) is 6.64. The fraction of sp³-hybridized carbons (Fsp3) is 0.467. The van der Waals surface area contributed by atoms with Crippen molar-refractivity contribution in [3.63, 3.8) is 0 Å². The van der Waals surface area contributed by atoms with E-state index in [1.807, 2.05) is 6.92 Å². The molecule has 0 saturated heterocycles. The topological polar surface area (TPSA) is 81.4 Å². The average Bonchev–Trinajstić information content (AvgIpc) is 2.39. The molecule has 0 aliphatic carbocycles. The molecule has 0 radical (unpaired) electrons. The molecule has 1 aromatic rings. The largest absolute Gasteiger partial charge is 0.462 e. The van der Waals surface area contributed by atoms with E-state index in [1.54, 1.807) is 31.2 Å². The van der Waals surface area contributed by atoms with E-state index in [-0.39, 0.29) is 18.4 Å². The predicted octanol–water partition coefficient (Wildman–Crippen LogP) is 2.32.